The summed E-state index contributed by atoms with van der Waals surface area (Å²) in [4.78, 5) is 19.6. The number of H-pyrrole nitrogens is 1. The third-order valence-electron chi connectivity index (χ3n) is 7.52. The number of amides is 1. The number of carbonyl (C=O) groups is 1. The Morgan fingerprint density at radius 1 is 1.20 bits per heavy atom. The first-order valence-electron chi connectivity index (χ1n) is 13.1. The molecule has 5 aromatic rings. The van der Waals surface area contributed by atoms with Crippen LogP contribution >= 0.6 is 11.6 Å². The van der Waals surface area contributed by atoms with E-state index in [2.05, 4.69) is 37.5 Å². The number of tetrazole rings is 1. The van der Waals surface area contributed by atoms with Crippen LogP contribution in [0.3, 0.4) is 0 Å². The molecule has 0 saturated heterocycles. The maximum Gasteiger partial charge on any atom is 0.411 e. The monoisotopic (exact) mass is 570 g/mol. The zero-order valence-electron chi connectivity index (χ0n) is 22.4. The van der Waals surface area contributed by atoms with Gasteiger partial charge >= 0.3 is 6.09 Å². The van der Waals surface area contributed by atoms with Crippen molar-refractivity contribution in [1.82, 2.24) is 30.2 Å². The highest BCUT2D eigenvalue weighted by atomic mass is 35.5. The number of nitrogens with one attached hydrogen (secondary N) is 2. The number of benzene rings is 2. The number of rotatable bonds is 8. The van der Waals surface area contributed by atoms with Gasteiger partial charge in [-0.25, -0.2) is 9.78 Å². The predicted octanol–water partition coefficient (Wildman–Crippen LogP) is 5.51. The summed E-state index contributed by atoms with van der Waals surface area (Å²) in [6, 6.07) is 16.5. The Kier molecular flexibility index (Phi) is 6.88. The first-order chi connectivity index (χ1) is 19.8. The number of aromatic amines is 1. The molecule has 1 atom stereocenters. The van der Waals surface area contributed by atoms with E-state index in [0.29, 0.717) is 27.7 Å². The maximum atomic E-state index is 13.6. The molecule has 208 valence electrons. The van der Waals surface area contributed by atoms with Gasteiger partial charge in [-0.1, -0.05) is 30.7 Å². The summed E-state index contributed by atoms with van der Waals surface area (Å²) < 4.78 is 7.10. The molecule has 2 N–H and O–H groups in total. The first kappa shape index (κ1) is 26.5. The van der Waals surface area contributed by atoms with E-state index in [4.69, 9.17) is 16.6 Å². The standard InChI is InChI=1S/C29H27ClN8O3/c1-29(11-12-29)14-23(27-31-15-24(34-27)18-3-7-21(8-4-18)33-28(39)41-2)26-9-5-19(16-38(26)40)22-13-20(30)6-10-25(22)37-17-32-35-36-37/h3-10,13,15-17,23H,11-12,14H2,1-2H3,(H,31,34)(H,33,39). The van der Waals surface area contributed by atoms with E-state index in [1.165, 1.54) is 18.1 Å². The lowest BCUT2D eigenvalue weighted by molar-refractivity contribution is -0.614. The summed E-state index contributed by atoms with van der Waals surface area (Å²) in [5.74, 6) is 0.487. The number of hydrogen-bond donors (Lipinski definition) is 2. The van der Waals surface area contributed by atoms with E-state index < -0.39 is 6.09 Å². The van der Waals surface area contributed by atoms with Crippen molar-refractivity contribution in [2.45, 2.75) is 32.1 Å². The van der Waals surface area contributed by atoms with Gasteiger partial charge in [0.05, 0.1) is 24.7 Å². The number of halogens is 1. The first-order valence-corrected chi connectivity index (χ1v) is 13.5. The van der Waals surface area contributed by atoms with Crippen molar-refractivity contribution in [2.24, 2.45) is 5.41 Å². The van der Waals surface area contributed by atoms with Gasteiger partial charge in [0.25, 0.3) is 0 Å². The van der Waals surface area contributed by atoms with Crippen LogP contribution in [-0.4, -0.2) is 43.4 Å². The Morgan fingerprint density at radius 3 is 2.66 bits per heavy atom. The summed E-state index contributed by atoms with van der Waals surface area (Å²) in [5, 5.41) is 28.2. The molecule has 12 heteroatoms. The van der Waals surface area contributed by atoms with Crippen molar-refractivity contribution in [3.8, 4) is 28.1 Å². The van der Waals surface area contributed by atoms with E-state index in [-0.39, 0.29) is 11.3 Å². The van der Waals surface area contributed by atoms with Crippen molar-refractivity contribution in [3.63, 3.8) is 0 Å². The zero-order valence-corrected chi connectivity index (χ0v) is 23.2. The minimum atomic E-state index is -0.531. The van der Waals surface area contributed by atoms with Gasteiger partial charge in [-0.15, -0.1) is 5.10 Å². The number of hydrogen-bond acceptors (Lipinski definition) is 7. The Labute approximate surface area is 240 Å². The van der Waals surface area contributed by atoms with Crippen molar-refractivity contribution >= 4 is 23.4 Å². The maximum absolute atomic E-state index is 13.6. The molecule has 2 aromatic carbocycles. The van der Waals surface area contributed by atoms with Crippen LogP contribution < -0.4 is 10.0 Å². The van der Waals surface area contributed by atoms with Gasteiger partial charge in [0.1, 0.15) is 18.1 Å². The highest BCUT2D eigenvalue weighted by Crippen LogP contribution is 2.52. The zero-order chi connectivity index (χ0) is 28.6. The van der Waals surface area contributed by atoms with Gasteiger partial charge < -0.3 is 14.9 Å². The molecular formula is C29H27ClN8O3. The minimum Gasteiger partial charge on any atom is -0.618 e. The summed E-state index contributed by atoms with van der Waals surface area (Å²) in [5.41, 5.74) is 5.22. The van der Waals surface area contributed by atoms with Gasteiger partial charge in [0, 0.05) is 27.9 Å². The van der Waals surface area contributed by atoms with Gasteiger partial charge in [-0.05, 0) is 77.1 Å². The van der Waals surface area contributed by atoms with Crippen molar-refractivity contribution in [1.29, 1.82) is 0 Å². The Morgan fingerprint density at radius 2 is 1.98 bits per heavy atom. The van der Waals surface area contributed by atoms with Crippen LogP contribution in [-0.2, 0) is 4.74 Å². The molecule has 0 spiro atoms. The largest absolute Gasteiger partial charge is 0.618 e. The van der Waals surface area contributed by atoms with Crippen LogP contribution in [0.4, 0.5) is 10.5 Å². The average molecular weight is 571 g/mol. The van der Waals surface area contributed by atoms with Gasteiger partial charge in [0.2, 0.25) is 5.69 Å². The number of nitrogens with zero attached hydrogens (tertiary/aromatic N) is 6. The minimum absolute atomic E-state index is 0.157. The quantitative estimate of drug-likeness (QED) is 0.185. The molecule has 1 amide bonds. The Bertz CT molecular complexity index is 1700. The van der Waals surface area contributed by atoms with Crippen LogP contribution in [0.25, 0.3) is 28.1 Å². The Balaban J connectivity index is 1.32. The van der Waals surface area contributed by atoms with Crippen molar-refractivity contribution in [3.05, 3.63) is 95.1 Å². The van der Waals surface area contributed by atoms with Gasteiger partial charge in [-0.2, -0.15) is 9.41 Å². The molecule has 1 saturated carbocycles. The lowest BCUT2D eigenvalue weighted by atomic mass is 9.89. The molecule has 6 rings (SSSR count). The second-order valence-electron chi connectivity index (χ2n) is 10.5. The molecule has 11 nitrogen and oxygen atoms in total. The second-order valence-corrected chi connectivity index (χ2v) is 11.0. The van der Waals surface area contributed by atoms with E-state index in [1.54, 1.807) is 36.7 Å². The van der Waals surface area contributed by atoms with E-state index in [9.17, 15) is 10.0 Å². The van der Waals surface area contributed by atoms with Crippen LogP contribution in [0.15, 0.2) is 73.3 Å². The fraction of sp³-hybridized carbons (Fsp3) is 0.241. The van der Waals surface area contributed by atoms with Gasteiger partial charge in [-0.3, -0.25) is 5.32 Å². The fourth-order valence-corrected chi connectivity index (χ4v) is 5.12. The molecule has 0 radical (unpaired) electrons. The molecule has 1 aliphatic rings. The van der Waals surface area contributed by atoms with Gasteiger partial charge in [0.15, 0.2) is 6.20 Å². The molecule has 1 aliphatic carbocycles. The molecular weight excluding hydrogens is 544 g/mol. The highest BCUT2D eigenvalue weighted by molar-refractivity contribution is 6.31. The second kappa shape index (κ2) is 10.7. The molecule has 0 aliphatic heterocycles. The summed E-state index contributed by atoms with van der Waals surface area (Å²) in [7, 11) is 1.32. The Hall–Kier alpha value is -4.77. The van der Waals surface area contributed by atoms with Crippen LogP contribution in [0.1, 0.15) is 43.6 Å². The van der Waals surface area contributed by atoms with Crippen LogP contribution in [0.5, 0.6) is 0 Å². The number of imidazole rings is 1. The SMILES string of the molecule is COC(=O)Nc1ccc(-c2cnc(C(CC3(C)CC3)c3ccc(-c4cc(Cl)ccc4-n4cnnn4)c[n+]3[O-])[nH]2)cc1. The number of methoxy groups -OCH3 is 1. The number of anilines is 1. The number of ether oxygens (including phenoxy) is 1. The van der Waals surface area contributed by atoms with Crippen LogP contribution in [0.2, 0.25) is 5.02 Å². The third-order valence-corrected chi connectivity index (χ3v) is 7.76. The van der Waals surface area contributed by atoms with Crippen molar-refractivity contribution < 1.29 is 14.3 Å². The fourth-order valence-electron chi connectivity index (χ4n) is 4.95. The van der Waals surface area contributed by atoms with E-state index in [0.717, 1.165) is 46.6 Å². The third kappa shape index (κ3) is 5.62. The molecule has 41 heavy (non-hydrogen) atoms. The number of carbonyl (C=O) groups excluding carboxylic acids is 1. The summed E-state index contributed by atoms with van der Waals surface area (Å²) in [6.07, 6.45) is 7.31. The summed E-state index contributed by atoms with van der Waals surface area (Å²) in [6.45, 7) is 2.24. The lowest BCUT2D eigenvalue weighted by Gasteiger charge is -2.19. The number of pyridine rings is 1. The summed E-state index contributed by atoms with van der Waals surface area (Å²) >= 11 is 6.32. The molecule has 1 unspecified atom stereocenters. The predicted molar refractivity (Wildman–Crippen MR) is 152 cm³/mol. The van der Waals surface area contributed by atoms with E-state index in [1.807, 2.05) is 30.3 Å². The topological polar surface area (TPSA) is 138 Å². The normalized spacial score (nSPS) is 14.4. The molecule has 1 fully saturated rings. The van der Waals surface area contributed by atoms with Crippen LogP contribution in [0, 0.1) is 10.6 Å². The number of aromatic nitrogens is 7. The van der Waals surface area contributed by atoms with Crippen molar-refractivity contribution in [2.75, 3.05) is 12.4 Å². The lowest BCUT2D eigenvalue weighted by Crippen LogP contribution is -2.34. The smallest absolute Gasteiger partial charge is 0.411 e. The van der Waals surface area contributed by atoms with E-state index >= 15 is 0 Å². The average Bonchev–Trinajstić information content (AvgIpc) is 3.36. The molecule has 3 heterocycles. The molecule has 3 aromatic heterocycles. The highest BCUT2D eigenvalue weighted by Gasteiger charge is 2.42. The molecule has 0 bridgehead atoms.